The van der Waals surface area contributed by atoms with E-state index in [1.807, 2.05) is 24.3 Å². The van der Waals surface area contributed by atoms with Crippen molar-refractivity contribution in [3.8, 4) is 0 Å². The molecule has 1 amide bonds. The van der Waals surface area contributed by atoms with Gasteiger partial charge in [0.2, 0.25) is 15.9 Å². The molecule has 0 saturated carbocycles. The normalized spacial score (nSPS) is 15.8. The van der Waals surface area contributed by atoms with Crippen molar-refractivity contribution in [1.29, 1.82) is 0 Å². The number of hydrogen-bond donors (Lipinski definition) is 1. The van der Waals surface area contributed by atoms with Crippen molar-refractivity contribution < 1.29 is 17.6 Å². The molecule has 30 heavy (non-hydrogen) atoms. The van der Waals surface area contributed by atoms with E-state index in [0.29, 0.717) is 13.1 Å². The summed E-state index contributed by atoms with van der Waals surface area (Å²) in [6.45, 7) is 7.47. The zero-order valence-corrected chi connectivity index (χ0v) is 18.4. The fourth-order valence-electron chi connectivity index (χ4n) is 3.53. The first-order valence-corrected chi connectivity index (χ1v) is 11.4. The second-order valence-electron chi connectivity index (χ2n) is 8.39. The van der Waals surface area contributed by atoms with Crippen LogP contribution in [0, 0.1) is 5.82 Å². The number of carbonyl (C=O) groups is 1. The van der Waals surface area contributed by atoms with E-state index in [1.54, 1.807) is 4.90 Å². The molecule has 162 valence electrons. The lowest BCUT2D eigenvalue weighted by molar-refractivity contribution is -0.130. The smallest absolute Gasteiger partial charge is 0.243 e. The van der Waals surface area contributed by atoms with E-state index < -0.39 is 15.8 Å². The monoisotopic (exact) mass is 433 g/mol. The summed E-state index contributed by atoms with van der Waals surface area (Å²) >= 11 is 0. The Labute approximate surface area is 177 Å². The van der Waals surface area contributed by atoms with Gasteiger partial charge < -0.3 is 10.2 Å². The van der Waals surface area contributed by atoms with Gasteiger partial charge in [0.1, 0.15) is 5.82 Å². The highest BCUT2D eigenvalue weighted by Crippen LogP contribution is 2.29. The zero-order valence-electron chi connectivity index (χ0n) is 17.6. The average Bonchev–Trinajstić information content (AvgIpc) is 2.71. The van der Waals surface area contributed by atoms with E-state index in [2.05, 4.69) is 26.1 Å². The van der Waals surface area contributed by atoms with Crippen molar-refractivity contribution in [1.82, 2.24) is 9.21 Å². The molecule has 2 aromatic carbocycles. The fraction of sp³-hybridized carbons (Fsp3) is 0.409. The Balaban J connectivity index is 1.59. The second-order valence-corrected chi connectivity index (χ2v) is 10.3. The van der Waals surface area contributed by atoms with Gasteiger partial charge in [0.25, 0.3) is 0 Å². The summed E-state index contributed by atoms with van der Waals surface area (Å²) in [7, 11) is -3.77. The summed E-state index contributed by atoms with van der Waals surface area (Å²) in [6, 6.07) is 12.9. The Hall–Kier alpha value is -2.45. The van der Waals surface area contributed by atoms with Crippen LogP contribution in [0.3, 0.4) is 0 Å². The van der Waals surface area contributed by atoms with Crippen LogP contribution in [-0.2, 0) is 20.2 Å². The summed E-state index contributed by atoms with van der Waals surface area (Å²) in [6.07, 6.45) is 0. The summed E-state index contributed by atoms with van der Waals surface area (Å²) in [5.74, 6) is -0.673. The van der Waals surface area contributed by atoms with Crippen molar-refractivity contribution >= 4 is 21.6 Å². The van der Waals surface area contributed by atoms with Gasteiger partial charge in [0, 0.05) is 31.9 Å². The number of rotatable bonds is 5. The minimum Gasteiger partial charge on any atom is -0.376 e. The van der Waals surface area contributed by atoms with Crippen molar-refractivity contribution in [3.63, 3.8) is 0 Å². The molecule has 6 nitrogen and oxygen atoms in total. The van der Waals surface area contributed by atoms with Gasteiger partial charge in [-0.3, -0.25) is 4.79 Å². The summed E-state index contributed by atoms with van der Waals surface area (Å²) < 4.78 is 40.1. The number of piperazine rings is 1. The van der Waals surface area contributed by atoms with Crippen LogP contribution in [0.4, 0.5) is 10.1 Å². The van der Waals surface area contributed by atoms with Gasteiger partial charge in [-0.15, -0.1) is 0 Å². The van der Waals surface area contributed by atoms with Gasteiger partial charge in [0.05, 0.1) is 11.4 Å². The third-order valence-corrected chi connectivity index (χ3v) is 7.08. The van der Waals surface area contributed by atoms with Gasteiger partial charge in [-0.2, -0.15) is 4.31 Å². The molecular weight excluding hydrogens is 405 g/mol. The largest absolute Gasteiger partial charge is 0.376 e. The number of anilines is 1. The SMILES string of the molecule is CC(C)(C)c1ccccc1NCC(=O)N1CCN(S(=O)(=O)c2cccc(F)c2)CC1. The molecular formula is C22H28FN3O3S. The van der Waals surface area contributed by atoms with Gasteiger partial charge >= 0.3 is 0 Å². The summed E-state index contributed by atoms with van der Waals surface area (Å²) in [5.41, 5.74) is 2.00. The van der Waals surface area contributed by atoms with Crippen molar-refractivity contribution in [3.05, 3.63) is 59.9 Å². The maximum atomic E-state index is 13.4. The summed E-state index contributed by atoms with van der Waals surface area (Å²) in [5, 5.41) is 3.23. The molecule has 0 unspecified atom stereocenters. The second kappa shape index (κ2) is 8.73. The minimum absolute atomic E-state index is 0.0520. The molecule has 0 aromatic heterocycles. The van der Waals surface area contributed by atoms with Crippen LogP contribution in [0.1, 0.15) is 26.3 Å². The number of amides is 1. The molecule has 0 spiro atoms. The Morgan fingerprint density at radius 1 is 1.03 bits per heavy atom. The fourth-order valence-corrected chi connectivity index (χ4v) is 4.98. The van der Waals surface area contributed by atoms with Crippen molar-refractivity contribution in [2.24, 2.45) is 0 Å². The number of halogens is 1. The lowest BCUT2D eigenvalue weighted by Crippen LogP contribution is -2.51. The van der Waals surface area contributed by atoms with E-state index in [4.69, 9.17) is 0 Å². The third-order valence-electron chi connectivity index (χ3n) is 5.19. The molecule has 0 atom stereocenters. The van der Waals surface area contributed by atoms with Crippen LogP contribution in [0.25, 0.3) is 0 Å². The van der Waals surface area contributed by atoms with Crippen molar-refractivity contribution in [2.45, 2.75) is 31.1 Å². The van der Waals surface area contributed by atoms with Gasteiger partial charge in [-0.1, -0.05) is 45.0 Å². The van der Waals surface area contributed by atoms with Crippen LogP contribution in [0.5, 0.6) is 0 Å². The predicted octanol–water partition coefficient (Wildman–Crippen LogP) is 3.07. The van der Waals surface area contributed by atoms with E-state index in [-0.39, 0.29) is 35.9 Å². The molecule has 1 aliphatic rings. The first-order valence-electron chi connectivity index (χ1n) is 9.96. The Morgan fingerprint density at radius 2 is 1.70 bits per heavy atom. The van der Waals surface area contributed by atoms with E-state index in [9.17, 15) is 17.6 Å². The standard InChI is InChI=1S/C22H28FN3O3S/c1-22(2,3)19-9-4-5-10-20(19)24-16-21(27)25-11-13-26(14-12-25)30(28,29)18-8-6-7-17(23)15-18/h4-10,15,24H,11-14,16H2,1-3H3. The molecule has 1 saturated heterocycles. The average molecular weight is 434 g/mol. The highest BCUT2D eigenvalue weighted by molar-refractivity contribution is 7.89. The van der Waals surface area contributed by atoms with Crippen LogP contribution in [0.2, 0.25) is 0 Å². The third kappa shape index (κ3) is 4.99. The first kappa shape index (κ1) is 22.2. The Morgan fingerprint density at radius 3 is 2.33 bits per heavy atom. The molecule has 3 rings (SSSR count). The number of nitrogens with zero attached hydrogens (tertiary/aromatic N) is 2. The molecule has 8 heteroatoms. The molecule has 1 heterocycles. The molecule has 0 bridgehead atoms. The molecule has 0 radical (unpaired) electrons. The lowest BCUT2D eigenvalue weighted by Gasteiger charge is -2.34. The maximum absolute atomic E-state index is 13.4. The molecule has 1 fully saturated rings. The number of benzene rings is 2. The Bertz CT molecular complexity index is 1010. The van der Waals surface area contributed by atoms with Gasteiger partial charge in [-0.25, -0.2) is 12.8 Å². The Kier molecular flexibility index (Phi) is 6.47. The van der Waals surface area contributed by atoms with Crippen molar-refractivity contribution in [2.75, 3.05) is 38.0 Å². The summed E-state index contributed by atoms with van der Waals surface area (Å²) in [4.78, 5) is 14.2. The van der Waals surface area contributed by atoms with Crippen LogP contribution in [-0.4, -0.2) is 56.3 Å². The first-order chi connectivity index (χ1) is 14.1. The highest BCUT2D eigenvalue weighted by Gasteiger charge is 2.30. The van der Waals surface area contributed by atoms with E-state index >= 15 is 0 Å². The number of nitrogens with one attached hydrogen (secondary N) is 1. The quantitative estimate of drug-likeness (QED) is 0.787. The molecule has 0 aliphatic carbocycles. The molecule has 2 aromatic rings. The highest BCUT2D eigenvalue weighted by atomic mass is 32.2. The number of hydrogen-bond acceptors (Lipinski definition) is 4. The van der Waals surface area contributed by atoms with E-state index in [0.717, 1.165) is 17.3 Å². The number of carbonyl (C=O) groups excluding carboxylic acids is 1. The predicted molar refractivity (Wildman–Crippen MR) is 115 cm³/mol. The van der Waals surface area contributed by atoms with Crippen LogP contribution < -0.4 is 5.32 Å². The molecule has 1 N–H and O–H groups in total. The van der Waals surface area contributed by atoms with Gasteiger partial charge in [0.15, 0.2) is 0 Å². The minimum atomic E-state index is -3.77. The lowest BCUT2D eigenvalue weighted by atomic mass is 9.86. The number of para-hydroxylation sites is 1. The van der Waals surface area contributed by atoms with Crippen LogP contribution >= 0.6 is 0 Å². The maximum Gasteiger partial charge on any atom is 0.243 e. The zero-order chi connectivity index (χ0) is 21.9. The van der Waals surface area contributed by atoms with Gasteiger partial charge in [-0.05, 0) is 35.2 Å². The topological polar surface area (TPSA) is 69.7 Å². The molecule has 1 aliphatic heterocycles. The number of sulfonamides is 1. The van der Waals surface area contributed by atoms with E-state index in [1.165, 1.54) is 22.5 Å². The van der Waals surface area contributed by atoms with Crippen LogP contribution in [0.15, 0.2) is 53.4 Å².